The van der Waals surface area contributed by atoms with E-state index in [4.69, 9.17) is 10.5 Å². The Kier molecular flexibility index (Phi) is 4.08. The number of aryl methyl sites for hydroxylation is 1. The third-order valence-corrected chi connectivity index (χ3v) is 5.21. The summed E-state index contributed by atoms with van der Waals surface area (Å²) >= 11 is 0. The van der Waals surface area contributed by atoms with Gasteiger partial charge in [-0.05, 0) is 29.8 Å². The Hall–Kier alpha value is -3.72. The molecule has 4 rings (SSSR count). The van der Waals surface area contributed by atoms with Gasteiger partial charge in [-0.25, -0.2) is 0 Å². The monoisotopic (exact) mass is 372 g/mol. The lowest BCUT2D eigenvalue weighted by Gasteiger charge is -2.28. The molecule has 0 bridgehead atoms. The molecule has 3 aromatic rings. The lowest BCUT2D eigenvalue weighted by molar-refractivity contribution is 0.396. The summed E-state index contributed by atoms with van der Waals surface area (Å²) in [5.74, 6) is -0.111. The number of allylic oxidation sites excluding steroid dienone is 1. The second kappa shape index (κ2) is 6.46. The van der Waals surface area contributed by atoms with Gasteiger partial charge in [-0.15, -0.1) is 0 Å². The van der Waals surface area contributed by atoms with Crippen LogP contribution in [0.4, 0.5) is 5.69 Å². The first-order valence-electron chi connectivity index (χ1n) is 8.90. The van der Waals surface area contributed by atoms with E-state index in [-0.39, 0.29) is 17.0 Å². The van der Waals surface area contributed by atoms with Crippen molar-refractivity contribution >= 4 is 16.6 Å². The molecule has 1 aromatic heterocycles. The second-order valence-corrected chi connectivity index (χ2v) is 7.03. The van der Waals surface area contributed by atoms with Crippen molar-refractivity contribution in [1.82, 2.24) is 4.57 Å². The van der Waals surface area contributed by atoms with Crippen LogP contribution in [-0.4, -0.2) is 18.7 Å². The molecule has 2 N–H and O–H groups in total. The van der Waals surface area contributed by atoms with Crippen LogP contribution in [0.25, 0.3) is 10.9 Å². The van der Waals surface area contributed by atoms with Gasteiger partial charge in [-0.2, -0.15) is 5.26 Å². The van der Waals surface area contributed by atoms with E-state index in [0.717, 1.165) is 22.2 Å². The molecule has 2 aromatic carbocycles. The molecule has 2 heterocycles. The molecule has 6 heteroatoms. The van der Waals surface area contributed by atoms with Crippen molar-refractivity contribution in [3.63, 3.8) is 0 Å². The van der Waals surface area contributed by atoms with Crippen LogP contribution in [0, 0.1) is 11.3 Å². The van der Waals surface area contributed by atoms with Gasteiger partial charge in [0, 0.05) is 32.2 Å². The number of rotatable bonds is 2. The number of ether oxygens (including phenoxy) is 1. The first-order chi connectivity index (χ1) is 13.4. The topological polar surface area (TPSA) is 84.3 Å². The minimum Gasteiger partial charge on any atom is -0.439 e. The molecule has 0 saturated heterocycles. The average Bonchev–Trinajstić information content (AvgIpc) is 2.71. The number of anilines is 1. The zero-order chi connectivity index (χ0) is 20.0. The Labute approximate surface area is 162 Å². The van der Waals surface area contributed by atoms with Crippen molar-refractivity contribution in [3.05, 3.63) is 81.5 Å². The standard InChI is InChI=1S/C22H20N4O2/c1-25(2)14-10-8-13(9-11-14)18-16(12-23)21(24)28-20-15-6-4-5-7-17(15)26(3)22(27)19(18)20/h4-11,18H,24H2,1-3H3. The molecule has 1 aliphatic rings. The molecule has 140 valence electrons. The van der Waals surface area contributed by atoms with Gasteiger partial charge in [0.15, 0.2) is 0 Å². The number of nitrogens with two attached hydrogens (primary N) is 1. The first kappa shape index (κ1) is 17.7. The van der Waals surface area contributed by atoms with E-state index >= 15 is 0 Å². The summed E-state index contributed by atoms with van der Waals surface area (Å²) < 4.78 is 7.40. The largest absolute Gasteiger partial charge is 0.439 e. The van der Waals surface area contributed by atoms with Crippen molar-refractivity contribution in [3.8, 4) is 11.8 Å². The van der Waals surface area contributed by atoms with Gasteiger partial charge >= 0.3 is 0 Å². The molecule has 0 aliphatic carbocycles. The van der Waals surface area contributed by atoms with Crippen molar-refractivity contribution in [2.24, 2.45) is 12.8 Å². The van der Waals surface area contributed by atoms with E-state index in [0.29, 0.717) is 11.3 Å². The Morgan fingerprint density at radius 3 is 2.46 bits per heavy atom. The molecule has 1 unspecified atom stereocenters. The smallest absolute Gasteiger partial charge is 0.258 e. The number of fused-ring (bicyclic) bond motifs is 3. The molecule has 0 spiro atoms. The maximum Gasteiger partial charge on any atom is 0.258 e. The maximum absolute atomic E-state index is 13.3. The van der Waals surface area contributed by atoms with E-state index in [1.54, 1.807) is 11.6 Å². The Morgan fingerprint density at radius 1 is 1.14 bits per heavy atom. The number of para-hydroxylation sites is 1. The fourth-order valence-electron chi connectivity index (χ4n) is 3.72. The summed E-state index contributed by atoms with van der Waals surface area (Å²) in [5, 5.41) is 10.5. The summed E-state index contributed by atoms with van der Waals surface area (Å²) in [6, 6.07) is 17.4. The quantitative estimate of drug-likeness (QED) is 0.748. The van der Waals surface area contributed by atoms with Gasteiger partial charge in [0.2, 0.25) is 5.88 Å². The van der Waals surface area contributed by atoms with Crippen molar-refractivity contribution in [1.29, 1.82) is 5.26 Å². The predicted octanol–water partition coefficient (Wildman–Crippen LogP) is 2.82. The Bertz CT molecular complexity index is 1210. The maximum atomic E-state index is 13.3. The van der Waals surface area contributed by atoms with E-state index in [2.05, 4.69) is 6.07 Å². The van der Waals surface area contributed by atoms with Gasteiger partial charge in [-0.1, -0.05) is 24.3 Å². The third-order valence-electron chi connectivity index (χ3n) is 5.21. The lowest BCUT2D eigenvalue weighted by atomic mass is 9.83. The average molecular weight is 372 g/mol. The Morgan fingerprint density at radius 2 is 1.82 bits per heavy atom. The zero-order valence-electron chi connectivity index (χ0n) is 15.9. The van der Waals surface area contributed by atoms with E-state index in [1.807, 2.05) is 67.5 Å². The van der Waals surface area contributed by atoms with Crippen LogP contribution in [0.3, 0.4) is 0 Å². The van der Waals surface area contributed by atoms with E-state index in [9.17, 15) is 10.1 Å². The molecular weight excluding hydrogens is 352 g/mol. The highest BCUT2D eigenvalue weighted by molar-refractivity contribution is 5.88. The van der Waals surface area contributed by atoms with Crippen LogP contribution >= 0.6 is 0 Å². The van der Waals surface area contributed by atoms with Crippen molar-refractivity contribution in [2.75, 3.05) is 19.0 Å². The van der Waals surface area contributed by atoms with Crippen LogP contribution < -0.4 is 20.9 Å². The summed E-state index contributed by atoms with van der Waals surface area (Å²) in [5.41, 5.74) is 9.19. The van der Waals surface area contributed by atoms with Crippen LogP contribution in [-0.2, 0) is 7.05 Å². The van der Waals surface area contributed by atoms with Crippen LogP contribution in [0.5, 0.6) is 5.75 Å². The van der Waals surface area contributed by atoms with Gasteiger partial charge in [0.05, 0.1) is 17.0 Å². The SMILES string of the molecule is CN(C)c1ccc(C2C(C#N)=C(N)Oc3c2c(=O)n(C)c2ccccc32)cc1. The number of nitriles is 1. The van der Waals surface area contributed by atoms with Crippen molar-refractivity contribution in [2.45, 2.75) is 5.92 Å². The summed E-state index contributed by atoms with van der Waals surface area (Å²) in [6.07, 6.45) is 0. The molecular formula is C22H20N4O2. The summed E-state index contributed by atoms with van der Waals surface area (Å²) in [6.45, 7) is 0. The molecule has 1 atom stereocenters. The first-order valence-corrected chi connectivity index (χ1v) is 8.90. The minimum atomic E-state index is -0.576. The highest BCUT2D eigenvalue weighted by Gasteiger charge is 2.35. The molecule has 0 amide bonds. The Balaban J connectivity index is 2.04. The van der Waals surface area contributed by atoms with Gasteiger partial charge in [0.1, 0.15) is 17.4 Å². The molecule has 0 radical (unpaired) electrons. The van der Waals surface area contributed by atoms with Gasteiger partial charge in [0.25, 0.3) is 5.56 Å². The van der Waals surface area contributed by atoms with Gasteiger partial charge in [-0.3, -0.25) is 4.79 Å². The van der Waals surface area contributed by atoms with Crippen LogP contribution in [0.1, 0.15) is 17.0 Å². The number of hydrogen-bond donors (Lipinski definition) is 1. The fourth-order valence-corrected chi connectivity index (χ4v) is 3.72. The molecule has 1 aliphatic heterocycles. The summed E-state index contributed by atoms with van der Waals surface area (Å²) in [4.78, 5) is 15.2. The molecule has 28 heavy (non-hydrogen) atoms. The number of pyridine rings is 1. The normalized spacial score (nSPS) is 15.7. The number of hydrogen-bond acceptors (Lipinski definition) is 5. The van der Waals surface area contributed by atoms with E-state index in [1.165, 1.54) is 0 Å². The van der Waals surface area contributed by atoms with E-state index < -0.39 is 5.92 Å². The summed E-state index contributed by atoms with van der Waals surface area (Å²) in [7, 11) is 5.64. The van der Waals surface area contributed by atoms with Crippen LogP contribution in [0.2, 0.25) is 0 Å². The fraction of sp³-hybridized carbons (Fsp3) is 0.182. The zero-order valence-corrected chi connectivity index (χ0v) is 15.9. The molecule has 0 fully saturated rings. The van der Waals surface area contributed by atoms with Crippen LogP contribution in [0.15, 0.2) is 64.8 Å². The number of benzene rings is 2. The lowest BCUT2D eigenvalue weighted by Crippen LogP contribution is -2.31. The number of nitrogens with zero attached hydrogens (tertiary/aromatic N) is 3. The number of aromatic nitrogens is 1. The van der Waals surface area contributed by atoms with Crippen molar-refractivity contribution < 1.29 is 4.74 Å². The highest BCUT2D eigenvalue weighted by Crippen LogP contribution is 2.43. The second-order valence-electron chi connectivity index (χ2n) is 7.03. The highest BCUT2D eigenvalue weighted by atomic mass is 16.5. The third kappa shape index (κ3) is 2.52. The minimum absolute atomic E-state index is 0.0371. The molecule has 0 saturated carbocycles. The predicted molar refractivity (Wildman–Crippen MR) is 109 cm³/mol. The molecule has 6 nitrogen and oxygen atoms in total. The van der Waals surface area contributed by atoms with Gasteiger partial charge < -0.3 is 19.9 Å².